The first-order valence-electron chi connectivity index (χ1n) is 5.62. The summed E-state index contributed by atoms with van der Waals surface area (Å²) < 4.78 is 5.77. The smallest absolute Gasteiger partial charge is 0.249 e. The average Bonchev–Trinajstić information content (AvgIpc) is 2.21. The van der Waals surface area contributed by atoms with Gasteiger partial charge in [0.25, 0.3) is 0 Å². The molecule has 2 N–H and O–H groups in total. The van der Waals surface area contributed by atoms with Crippen LogP contribution >= 0.6 is 0 Å². The standard InChI is InChI=1S/C13H19NO2/c1-4-6-9(2)16-12-8-5-7-11(10(12)3)13(14)15/h5,7-9H,4,6H2,1-3H3,(H2,14,15). The number of carbonyl (C=O) groups is 1. The summed E-state index contributed by atoms with van der Waals surface area (Å²) in [5, 5.41) is 0. The van der Waals surface area contributed by atoms with Gasteiger partial charge in [-0.2, -0.15) is 0 Å². The monoisotopic (exact) mass is 221 g/mol. The van der Waals surface area contributed by atoms with E-state index >= 15 is 0 Å². The Morgan fingerprint density at radius 1 is 1.50 bits per heavy atom. The van der Waals surface area contributed by atoms with Gasteiger partial charge in [-0.3, -0.25) is 4.79 Å². The first-order valence-corrected chi connectivity index (χ1v) is 5.62. The fourth-order valence-electron chi connectivity index (χ4n) is 1.69. The van der Waals surface area contributed by atoms with E-state index in [0.717, 1.165) is 24.2 Å². The number of amides is 1. The van der Waals surface area contributed by atoms with E-state index in [1.807, 2.05) is 19.9 Å². The Balaban J connectivity index is 2.89. The maximum atomic E-state index is 11.2. The minimum Gasteiger partial charge on any atom is -0.490 e. The quantitative estimate of drug-likeness (QED) is 0.831. The van der Waals surface area contributed by atoms with Crippen LogP contribution in [-0.2, 0) is 0 Å². The topological polar surface area (TPSA) is 52.3 Å². The molecule has 3 heteroatoms. The third kappa shape index (κ3) is 2.99. The summed E-state index contributed by atoms with van der Waals surface area (Å²) in [6.07, 6.45) is 2.24. The molecule has 0 radical (unpaired) electrons. The van der Waals surface area contributed by atoms with Gasteiger partial charge in [-0.05, 0) is 32.4 Å². The molecular weight excluding hydrogens is 202 g/mol. The molecule has 16 heavy (non-hydrogen) atoms. The lowest BCUT2D eigenvalue weighted by molar-refractivity contribution is 0.0998. The summed E-state index contributed by atoms with van der Waals surface area (Å²) in [7, 11) is 0. The van der Waals surface area contributed by atoms with Crippen LogP contribution in [0.15, 0.2) is 18.2 Å². The van der Waals surface area contributed by atoms with Gasteiger partial charge in [0.2, 0.25) is 5.91 Å². The van der Waals surface area contributed by atoms with E-state index in [0.29, 0.717) is 5.56 Å². The molecule has 1 unspecified atom stereocenters. The highest BCUT2D eigenvalue weighted by Gasteiger charge is 2.11. The van der Waals surface area contributed by atoms with Crippen molar-refractivity contribution in [2.24, 2.45) is 5.73 Å². The Morgan fingerprint density at radius 2 is 2.19 bits per heavy atom. The molecule has 3 nitrogen and oxygen atoms in total. The molecule has 1 aromatic rings. The van der Waals surface area contributed by atoms with Crippen molar-refractivity contribution in [3.8, 4) is 5.75 Å². The number of benzene rings is 1. The molecule has 1 aromatic carbocycles. The van der Waals surface area contributed by atoms with Crippen molar-refractivity contribution >= 4 is 5.91 Å². The van der Waals surface area contributed by atoms with E-state index in [1.54, 1.807) is 12.1 Å². The van der Waals surface area contributed by atoms with E-state index < -0.39 is 5.91 Å². The number of nitrogens with two attached hydrogens (primary N) is 1. The third-order valence-electron chi connectivity index (χ3n) is 2.57. The highest BCUT2D eigenvalue weighted by atomic mass is 16.5. The van der Waals surface area contributed by atoms with Crippen molar-refractivity contribution in [1.29, 1.82) is 0 Å². The van der Waals surface area contributed by atoms with Gasteiger partial charge in [-0.15, -0.1) is 0 Å². The van der Waals surface area contributed by atoms with Gasteiger partial charge in [-0.25, -0.2) is 0 Å². The molecule has 0 saturated heterocycles. The normalized spacial score (nSPS) is 12.2. The SMILES string of the molecule is CCCC(C)Oc1cccc(C(N)=O)c1C. The maximum absolute atomic E-state index is 11.2. The Kier molecular flexibility index (Phi) is 4.35. The van der Waals surface area contributed by atoms with Crippen LogP contribution in [0.3, 0.4) is 0 Å². The van der Waals surface area contributed by atoms with Crippen molar-refractivity contribution < 1.29 is 9.53 Å². The number of rotatable bonds is 5. The Labute approximate surface area is 96.6 Å². The van der Waals surface area contributed by atoms with Crippen molar-refractivity contribution in [3.05, 3.63) is 29.3 Å². The molecule has 0 aliphatic carbocycles. The number of carbonyl (C=O) groups excluding carboxylic acids is 1. The third-order valence-corrected chi connectivity index (χ3v) is 2.57. The molecule has 0 saturated carbocycles. The summed E-state index contributed by atoms with van der Waals surface area (Å²) in [5.41, 5.74) is 6.62. The zero-order valence-electron chi connectivity index (χ0n) is 10.1. The first kappa shape index (κ1) is 12.6. The molecule has 0 fully saturated rings. The molecule has 0 aromatic heterocycles. The molecule has 0 heterocycles. The van der Waals surface area contributed by atoms with Crippen LogP contribution in [-0.4, -0.2) is 12.0 Å². The summed E-state index contributed by atoms with van der Waals surface area (Å²) >= 11 is 0. The fourth-order valence-corrected chi connectivity index (χ4v) is 1.69. The van der Waals surface area contributed by atoms with Gasteiger partial charge >= 0.3 is 0 Å². The van der Waals surface area contributed by atoms with Crippen LogP contribution < -0.4 is 10.5 Å². The lowest BCUT2D eigenvalue weighted by Gasteiger charge is -2.16. The predicted molar refractivity (Wildman–Crippen MR) is 64.7 cm³/mol. The molecule has 1 atom stereocenters. The summed E-state index contributed by atoms with van der Waals surface area (Å²) in [6, 6.07) is 5.38. The van der Waals surface area contributed by atoms with Crippen molar-refractivity contribution in [2.45, 2.75) is 39.7 Å². The molecule has 1 rings (SSSR count). The van der Waals surface area contributed by atoms with E-state index in [1.165, 1.54) is 0 Å². The second-order valence-electron chi connectivity index (χ2n) is 4.01. The van der Waals surface area contributed by atoms with Crippen LogP contribution in [0.25, 0.3) is 0 Å². The minimum absolute atomic E-state index is 0.159. The number of hydrogen-bond acceptors (Lipinski definition) is 2. The number of hydrogen-bond donors (Lipinski definition) is 1. The number of primary amides is 1. The minimum atomic E-state index is -0.411. The molecule has 88 valence electrons. The van der Waals surface area contributed by atoms with Crippen molar-refractivity contribution in [3.63, 3.8) is 0 Å². The lowest BCUT2D eigenvalue weighted by Crippen LogP contribution is -2.16. The van der Waals surface area contributed by atoms with Crippen molar-refractivity contribution in [1.82, 2.24) is 0 Å². The zero-order chi connectivity index (χ0) is 12.1. The van der Waals surface area contributed by atoms with Gasteiger partial charge < -0.3 is 10.5 Å². The van der Waals surface area contributed by atoms with E-state index in [2.05, 4.69) is 6.92 Å². The number of ether oxygens (including phenoxy) is 1. The highest BCUT2D eigenvalue weighted by molar-refractivity contribution is 5.94. The van der Waals surface area contributed by atoms with Crippen LogP contribution in [0.1, 0.15) is 42.6 Å². The average molecular weight is 221 g/mol. The van der Waals surface area contributed by atoms with E-state index in [-0.39, 0.29) is 6.10 Å². The maximum Gasteiger partial charge on any atom is 0.249 e. The molecule has 0 aliphatic rings. The van der Waals surface area contributed by atoms with Gasteiger partial charge in [0.15, 0.2) is 0 Å². The van der Waals surface area contributed by atoms with Gasteiger partial charge in [-0.1, -0.05) is 19.4 Å². The molecule has 0 aliphatic heterocycles. The predicted octanol–water partition coefficient (Wildman–Crippen LogP) is 2.66. The molecule has 0 spiro atoms. The fraction of sp³-hybridized carbons (Fsp3) is 0.462. The highest BCUT2D eigenvalue weighted by Crippen LogP contribution is 2.22. The molecule has 1 amide bonds. The first-order chi connectivity index (χ1) is 7.56. The van der Waals surface area contributed by atoms with E-state index in [4.69, 9.17) is 10.5 Å². The largest absolute Gasteiger partial charge is 0.490 e. The van der Waals surface area contributed by atoms with Crippen LogP contribution in [0.5, 0.6) is 5.75 Å². The lowest BCUT2D eigenvalue weighted by atomic mass is 10.1. The van der Waals surface area contributed by atoms with Crippen LogP contribution in [0, 0.1) is 6.92 Å². The Hall–Kier alpha value is -1.51. The second-order valence-corrected chi connectivity index (χ2v) is 4.01. The second kappa shape index (κ2) is 5.54. The van der Waals surface area contributed by atoms with E-state index in [9.17, 15) is 4.79 Å². The summed E-state index contributed by atoms with van der Waals surface area (Å²) in [5.74, 6) is 0.336. The molecular formula is C13H19NO2. The Morgan fingerprint density at radius 3 is 2.75 bits per heavy atom. The van der Waals surface area contributed by atoms with Gasteiger partial charge in [0.1, 0.15) is 5.75 Å². The molecule has 0 bridgehead atoms. The van der Waals surface area contributed by atoms with Crippen LogP contribution in [0.4, 0.5) is 0 Å². The van der Waals surface area contributed by atoms with Gasteiger partial charge in [0.05, 0.1) is 6.10 Å². The van der Waals surface area contributed by atoms with Crippen molar-refractivity contribution in [2.75, 3.05) is 0 Å². The summed E-state index contributed by atoms with van der Waals surface area (Å²) in [4.78, 5) is 11.2. The Bertz CT molecular complexity index is 374. The summed E-state index contributed by atoms with van der Waals surface area (Å²) in [6.45, 7) is 6.00. The van der Waals surface area contributed by atoms with Crippen LogP contribution in [0.2, 0.25) is 0 Å². The van der Waals surface area contributed by atoms with Gasteiger partial charge in [0, 0.05) is 11.1 Å². The zero-order valence-corrected chi connectivity index (χ0v) is 10.1.